The molecule has 0 spiro atoms. The van der Waals surface area contributed by atoms with Crippen molar-refractivity contribution >= 4 is 11.5 Å². The van der Waals surface area contributed by atoms with E-state index in [-0.39, 0.29) is 11.5 Å². The second-order valence-corrected chi connectivity index (χ2v) is 7.77. The third kappa shape index (κ3) is 7.11. The molecule has 33 heavy (non-hydrogen) atoms. The first-order valence-electron chi connectivity index (χ1n) is 11.4. The second kappa shape index (κ2) is 12.5. The summed E-state index contributed by atoms with van der Waals surface area (Å²) in [6.45, 7) is 6.93. The monoisotopic (exact) mass is 459 g/mol. The van der Waals surface area contributed by atoms with E-state index in [2.05, 4.69) is 4.90 Å². The zero-order valence-electron chi connectivity index (χ0n) is 19.2. The fourth-order valence-electron chi connectivity index (χ4n) is 3.82. The van der Waals surface area contributed by atoms with Gasteiger partial charge in [0.2, 0.25) is 0 Å². The van der Waals surface area contributed by atoms with Crippen molar-refractivity contribution < 1.29 is 27.8 Å². The van der Waals surface area contributed by atoms with Crippen LogP contribution in [0.15, 0.2) is 48.5 Å². The molecule has 0 saturated heterocycles. The average Bonchev–Trinajstić information content (AvgIpc) is 2.81. The molecular formula is C26H31F2NO4. The van der Waals surface area contributed by atoms with Crippen LogP contribution in [-0.4, -0.2) is 56.4 Å². The van der Waals surface area contributed by atoms with Gasteiger partial charge in [-0.2, -0.15) is 0 Å². The molecule has 5 nitrogen and oxygen atoms in total. The van der Waals surface area contributed by atoms with Gasteiger partial charge in [0.05, 0.1) is 6.61 Å². The van der Waals surface area contributed by atoms with Crippen molar-refractivity contribution in [2.24, 2.45) is 0 Å². The summed E-state index contributed by atoms with van der Waals surface area (Å²) in [7, 11) is 0. The van der Waals surface area contributed by atoms with Gasteiger partial charge >= 0.3 is 5.97 Å². The maximum Gasteiger partial charge on any atom is 0.335 e. The number of esters is 1. The Balaban J connectivity index is 1.46. The smallest absolute Gasteiger partial charge is 0.335 e. The van der Waals surface area contributed by atoms with E-state index in [0.29, 0.717) is 57.9 Å². The molecule has 1 heterocycles. The molecule has 0 N–H and O–H groups in total. The number of carbonyl (C=O) groups is 1. The topological polar surface area (TPSA) is 48.0 Å². The highest BCUT2D eigenvalue weighted by Crippen LogP contribution is 2.27. The Morgan fingerprint density at radius 2 is 1.79 bits per heavy atom. The van der Waals surface area contributed by atoms with Crippen molar-refractivity contribution in [1.82, 2.24) is 4.90 Å². The van der Waals surface area contributed by atoms with Gasteiger partial charge in [-0.1, -0.05) is 24.3 Å². The molecule has 1 aliphatic rings. The highest BCUT2D eigenvalue weighted by atomic mass is 19.1. The SMILES string of the molecule is CCOC(=O)C(Cc1ccc(OCCN2CC=C(c3c(F)cccc3F)CC2)cc1)OCC. The lowest BCUT2D eigenvalue weighted by Crippen LogP contribution is -2.32. The maximum atomic E-state index is 14.0. The Morgan fingerprint density at radius 3 is 2.39 bits per heavy atom. The van der Waals surface area contributed by atoms with Gasteiger partial charge in [-0.05, 0) is 55.7 Å². The molecule has 0 bridgehead atoms. The van der Waals surface area contributed by atoms with Gasteiger partial charge in [0.15, 0.2) is 6.10 Å². The highest BCUT2D eigenvalue weighted by molar-refractivity contribution is 5.75. The summed E-state index contributed by atoms with van der Waals surface area (Å²) in [5, 5.41) is 0. The Kier molecular flexibility index (Phi) is 9.39. The minimum absolute atomic E-state index is 0.0861. The largest absolute Gasteiger partial charge is 0.492 e. The first kappa shape index (κ1) is 24.9. The van der Waals surface area contributed by atoms with Gasteiger partial charge < -0.3 is 14.2 Å². The molecular weight excluding hydrogens is 428 g/mol. The van der Waals surface area contributed by atoms with Crippen LogP contribution in [-0.2, 0) is 20.7 Å². The highest BCUT2D eigenvalue weighted by Gasteiger charge is 2.21. The lowest BCUT2D eigenvalue weighted by atomic mass is 9.98. The summed E-state index contributed by atoms with van der Waals surface area (Å²) in [6, 6.07) is 11.5. The van der Waals surface area contributed by atoms with Crippen LogP contribution >= 0.6 is 0 Å². The molecule has 1 unspecified atom stereocenters. The third-order valence-corrected chi connectivity index (χ3v) is 5.52. The molecule has 0 aliphatic carbocycles. The Hall–Kier alpha value is -2.77. The number of halogens is 2. The summed E-state index contributed by atoms with van der Waals surface area (Å²) >= 11 is 0. The normalized spacial score (nSPS) is 15.1. The van der Waals surface area contributed by atoms with Crippen molar-refractivity contribution in [3.05, 3.63) is 71.3 Å². The predicted molar refractivity (Wildman–Crippen MR) is 123 cm³/mol. The number of ether oxygens (including phenoxy) is 3. The molecule has 178 valence electrons. The van der Waals surface area contributed by atoms with Crippen LogP contribution in [0.2, 0.25) is 0 Å². The predicted octanol–water partition coefficient (Wildman–Crippen LogP) is 4.64. The van der Waals surface area contributed by atoms with Gasteiger partial charge in [0, 0.05) is 38.2 Å². The lowest BCUT2D eigenvalue weighted by Gasteiger charge is -2.26. The zero-order valence-corrected chi connectivity index (χ0v) is 19.2. The molecule has 2 aromatic carbocycles. The van der Waals surface area contributed by atoms with Crippen LogP contribution in [0.3, 0.4) is 0 Å². The maximum absolute atomic E-state index is 14.0. The second-order valence-electron chi connectivity index (χ2n) is 7.77. The Bertz CT molecular complexity index is 926. The van der Waals surface area contributed by atoms with Crippen LogP contribution in [0, 0.1) is 11.6 Å². The van der Waals surface area contributed by atoms with Crippen molar-refractivity contribution in [3.8, 4) is 5.75 Å². The van der Waals surface area contributed by atoms with Crippen molar-refractivity contribution in [3.63, 3.8) is 0 Å². The molecule has 1 aliphatic heterocycles. The Morgan fingerprint density at radius 1 is 1.06 bits per heavy atom. The fraction of sp³-hybridized carbons (Fsp3) is 0.423. The quantitative estimate of drug-likeness (QED) is 0.458. The standard InChI is InChI=1S/C26H31F2NO4/c1-3-31-24(26(30)32-4-2)18-19-8-10-21(11-9-19)33-17-16-29-14-12-20(13-15-29)25-22(27)6-5-7-23(25)28/h5-12,24H,3-4,13-18H2,1-2H3. The minimum Gasteiger partial charge on any atom is -0.492 e. The molecule has 1 atom stereocenters. The van der Waals surface area contributed by atoms with E-state index < -0.39 is 17.7 Å². The number of hydrogen-bond donors (Lipinski definition) is 0. The summed E-state index contributed by atoms with van der Waals surface area (Å²) < 4.78 is 44.4. The molecule has 0 amide bonds. The average molecular weight is 460 g/mol. The summed E-state index contributed by atoms with van der Waals surface area (Å²) in [5.74, 6) is -0.645. The molecule has 2 aromatic rings. The number of nitrogens with zero attached hydrogens (tertiary/aromatic N) is 1. The number of rotatable bonds is 11. The van der Waals surface area contributed by atoms with E-state index in [4.69, 9.17) is 14.2 Å². The van der Waals surface area contributed by atoms with E-state index in [1.165, 1.54) is 18.2 Å². The molecule has 0 fully saturated rings. The van der Waals surface area contributed by atoms with Crippen LogP contribution in [0.5, 0.6) is 5.75 Å². The van der Waals surface area contributed by atoms with Gasteiger partial charge in [0.1, 0.15) is 24.0 Å². The van der Waals surface area contributed by atoms with Gasteiger partial charge in [-0.25, -0.2) is 13.6 Å². The van der Waals surface area contributed by atoms with Gasteiger partial charge in [-0.15, -0.1) is 0 Å². The first-order valence-corrected chi connectivity index (χ1v) is 11.4. The number of carbonyl (C=O) groups excluding carboxylic acids is 1. The van der Waals surface area contributed by atoms with Crippen molar-refractivity contribution in [2.75, 3.05) is 39.5 Å². The van der Waals surface area contributed by atoms with E-state index in [1.54, 1.807) is 6.92 Å². The molecule has 0 saturated carbocycles. The molecule has 0 aromatic heterocycles. The Labute approximate surface area is 193 Å². The molecule has 7 heteroatoms. The fourth-order valence-corrected chi connectivity index (χ4v) is 3.82. The third-order valence-electron chi connectivity index (χ3n) is 5.52. The van der Waals surface area contributed by atoms with E-state index in [1.807, 2.05) is 37.3 Å². The van der Waals surface area contributed by atoms with Crippen LogP contribution in [0.25, 0.3) is 5.57 Å². The van der Waals surface area contributed by atoms with Crippen LogP contribution in [0.4, 0.5) is 8.78 Å². The van der Waals surface area contributed by atoms with Crippen molar-refractivity contribution in [2.45, 2.75) is 32.8 Å². The minimum atomic E-state index is -0.614. The van der Waals surface area contributed by atoms with E-state index in [9.17, 15) is 13.6 Å². The van der Waals surface area contributed by atoms with Gasteiger partial charge in [-0.3, -0.25) is 4.90 Å². The summed E-state index contributed by atoms with van der Waals surface area (Å²) in [6.07, 6.45) is 2.31. The van der Waals surface area contributed by atoms with E-state index >= 15 is 0 Å². The van der Waals surface area contributed by atoms with E-state index in [0.717, 1.165) is 11.3 Å². The van der Waals surface area contributed by atoms with Crippen LogP contribution in [0.1, 0.15) is 31.4 Å². The number of hydrogen-bond acceptors (Lipinski definition) is 5. The zero-order chi connectivity index (χ0) is 23.6. The lowest BCUT2D eigenvalue weighted by molar-refractivity contribution is -0.156. The van der Waals surface area contributed by atoms with Gasteiger partial charge in [0.25, 0.3) is 0 Å². The summed E-state index contributed by atoms with van der Waals surface area (Å²) in [4.78, 5) is 14.2. The molecule has 0 radical (unpaired) electrons. The molecule has 3 rings (SSSR count). The number of benzene rings is 2. The summed E-state index contributed by atoms with van der Waals surface area (Å²) in [5.41, 5.74) is 1.76. The van der Waals surface area contributed by atoms with Crippen LogP contribution < -0.4 is 4.74 Å². The first-order chi connectivity index (χ1) is 16.0. The van der Waals surface area contributed by atoms with Crippen molar-refractivity contribution in [1.29, 1.82) is 0 Å².